The highest BCUT2D eigenvalue weighted by Crippen LogP contribution is 2.33. The van der Waals surface area contributed by atoms with Gasteiger partial charge in [0.15, 0.2) is 0 Å². The highest BCUT2D eigenvalue weighted by Gasteiger charge is 2.39. The summed E-state index contributed by atoms with van der Waals surface area (Å²) < 4.78 is 0. The lowest BCUT2D eigenvalue weighted by atomic mass is 9.79. The molecule has 114 valence electrons. The summed E-state index contributed by atoms with van der Waals surface area (Å²) in [5.74, 6) is 0.619. The fourth-order valence-electron chi connectivity index (χ4n) is 3.75. The van der Waals surface area contributed by atoms with Crippen LogP contribution >= 0.6 is 0 Å². The molecule has 0 radical (unpaired) electrons. The molecule has 1 heterocycles. The minimum Gasteiger partial charge on any atom is -0.481 e. The van der Waals surface area contributed by atoms with E-state index in [0.29, 0.717) is 25.3 Å². The van der Waals surface area contributed by atoms with Gasteiger partial charge in [-0.1, -0.05) is 19.8 Å². The van der Waals surface area contributed by atoms with Gasteiger partial charge in [0.25, 0.3) is 0 Å². The Morgan fingerprint density at radius 1 is 1.30 bits per heavy atom. The largest absolute Gasteiger partial charge is 0.481 e. The summed E-state index contributed by atoms with van der Waals surface area (Å²) in [5.41, 5.74) is -0.756. The van der Waals surface area contributed by atoms with Crippen molar-refractivity contribution in [3.63, 3.8) is 0 Å². The number of hydrogen-bond acceptors (Lipinski definition) is 2. The molecule has 4 nitrogen and oxygen atoms in total. The average molecular weight is 281 g/mol. The number of piperidine rings is 1. The second-order valence-corrected chi connectivity index (χ2v) is 7.13. The van der Waals surface area contributed by atoms with E-state index in [4.69, 9.17) is 0 Å². The first-order chi connectivity index (χ1) is 9.40. The van der Waals surface area contributed by atoms with Crippen molar-refractivity contribution in [1.29, 1.82) is 0 Å². The maximum absolute atomic E-state index is 12.4. The van der Waals surface area contributed by atoms with Crippen LogP contribution in [0, 0.1) is 17.3 Å². The predicted molar refractivity (Wildman–Crippen MR) is 77.3 cm³/mol. The van der Waals surface area contributed by atoms with Gasteiger partial charge >= 0.3 is 5.97 Å². The molecule has 0 spiro atoms. The molecule has 0 aromatic carbocycles. The summed E-state index contributed by atoms with van der Waals surface area (Å²) in [7, 11) is 0. The van der Waals surface area contributed by atoms with Crippen molar-refractivity contribution < 1.29 is 14.7 Å². The number of likely N-dealkylation sites (tertiary alicyclic amines) is 1. The number of carboxylic acids is 1. The Hall–Kier alpha value is -1.06. The van der Waals surface area contributed by atoms with Gasteiger partial charge < -0.3 is 10.0 Å². The van der Waals surface area contributed by atoms with Gasteiger partial charge in [0.05, 0.1) is 5.41 Å². The lowest BCUT2D eigenvalue weighted by Crippen LogP contribution is -2.48. The fourth-order valence-corrected chi connectivity index (χ4v) is 3.75. The Labute approximate surface area is 121 Å². The van der Waals surface area contributed by atoms with Crippen molar-refractivity contribution in [2.75, 3.05) is 13.1 Å². The van der Waals surface area contributed by atoms with E-state index in [2.05, 4.69) is 6.92 Å². The molecule has 0 bridgehead atoms. The zero-order valence-electron chi connectivity index (χ0n) is 12.7. The van der Waals surface area contributed by atoms with Gasteiger partial charge in [0.2, 0.25) is 5.91 Å². The van der Waals surface area contributed by atoms with Crippen molar-refractivity contribution >= 4 is 11.9 Å². The van der Waals surface area contributed by atoms with Crippen LogP contribution in [0.1, 0.15) is 58.8 Å². The molecule has 1 aliphatic carbocycles. The number of carboxylic acid groups (broad SMARTS) is 1. The number of hydrogen-bond donors (Lipinski definition) is 1. The molecule has 1 N–H and O–H groups in total. The molecule has 2 fully saturated rings. The van der Waals surface area contributed by atoms with E-state index in [1.54, 1.807) is 11.8 Å². The van der Waals surface area contributed by atoms with Crippen molar-refractivity contribution in [3.05, 3.63) is 0 Å². The maximum Gasteiger partial charge on any atom is 0.311 e. The third kappa shape index (κ3) is 3.53. The predicted octanol–water partition coefficient (Wildman–Crippen LogP) is 2.92. The quantitative estimate of drug-likeness (QED) is 0.865. The van der Waals surface area contributed by atoms with Crippen LogP contribution in [0.2, 0.25) is 0 Å². The summed E-state index contributed by atoms with van der Waals surface area (Å²) in [6.07, 6.45) is 6.90. The van der Waals surface area contributed by atoms with Crippen LogP contribution in [0.5, 0.6) is 0 Å². The zero-order valence-corrected chi connectivity index (χ0v) is 12.7. The van der Waals surface area contributed by atoms with Gasteiger partial charge in [-0.2, -0.15) is 0 Å². The van der Waals surface area contributed by atoms with Crippen LogP contribution in [0.3, 0.4) is 0 Å². The summed E-state index contributed by atoms with van der Waals surface area (Å²) in [4.78, 5) is 25.5. The van der Waals surface area contributed by atoms with E-state index in [-0.39, 0.29) is 5.91 Å². The molecule has 3 unspecified atom stereocenters. The average Bonchev–Trinajstić information content (AvgIpc) is 2.38. The van der Waals surface area contributed by atoms with Crippen molar-refractivity contribution in [2.45, 2.75) is 58.8 Å². The summed E-state index contributed by atoms with van der Waals surface area (Å²) in [6, 6.07) is 0. The SMILES string of the molecule is CC1CCCC(CC(=O)N2CCCC(C)(C(=O)O)C2)C1. The topological polar surface area (TPSA) is 57.6 Å². The third-order valence-corrected chi connectivity index (χ3v) is 5.07. The molecule has 0 aromatic heterocycles. The Balaban J connectivity index is 1.90. The minimum absolute atomic E-state index is 0.163. The van der Waals surface area contributed by atoms with Gasteiger partial charge in [-0.3, -0.25) is 9.59 Å². The lowest BCUT2D eigenvalue weighted by molar-refractivity contribution is -0.153. The Kier molecular flexibility index (Phi) is 4.71. The van der Waals surface area contributed by atoms with E-state index in [9.17, 15) is 14.7 Å². The maximum atomic E-state index is 12.4. The number of nitrogens with zero attached hydrogens (tertiary/aromatic N) is 1. The van der Waals surface area contributed by atoms with Gasteiger partial charge in [-0.05, 0) is 44.4 Å². The molecule has 3 atom stereocenters. The molecule has 20 heavy (non-hydrogen) atoms. The highest BCUT2D eigenvalue weighted by atomic mass is 16.4. The van der Waals surface area contributed by atoms with Gasteiger partial charge in [-0.25, -0.2) is 0 Å². The number of carbonyl (C=O) groups is 2. The van der Waals surface area contributed by atoms with E-state index >= 15 is 0 Å². The Bertz CT molecular complexity index is 382. The molecule has 2 rings (SSSR count). The molecule has 1 amide bonds. The van der Waals surface area contributed by atoms with Crippen LogP contribution in [0.15, 0.2) is 0 Å². The normalized spacial score (nSPS) is 34.8. The third-order valence-electron chi connectivity index (χ3n) is 5.07. The van der Waals surface area contributed by atoms with Crippen LogP contribution < -0.4 is 0 Å². The van der Waals surface area contributed by atoms with Gasteiger partial charge in [-0.15, -0.1) is 0 Å². The first-order valence-corrected chi connectivity index (χ1v) is 7.92. The number of rotatable bonds is 3. The van der Waals surface area contributed by atoms with Crippen LogP contribution in [0.4, 0.5) is 0 Å². The monoisotopic (exact) mass is 281 g/mol. The van der Waals surface area contributed by atoms with Crippen LogP contribution in [-0.2, 0) is 9.59 Å². The second-order valence-electron chi connectivity index (χ2n) is 7.13. The van der Waals surface area contributed by atoms with Crippen LogP contribution in [-0.4, -0.2) is 35.0 Å². The molecule has 2 aliphatic rings. The van der Waals surface area contributed by atoms with Gasteiger partial charge in [0, 0.05) is 19.5 Å². The Morgan fingerprint density at radius 3 is 2.70 bits per heavy atom. The van der Waals surface area contributed by atoms with E-state index < -0.39 is 11.4 Å². The summed E-state index contributed by atoms with van der Waals surface area (Å²) in [5, 5.41) is 9.32. The number of aliphatic carboxylic acids is 1. The molecular weight excluding hydrogens is 254 g/mol. The minimum atomic E-state index is -0.777. The standard InChI is InChI=1S/C16H27NO3/c1-12-5-3-6-13(9-12)10-14(18)17-8-4-7-16(2,11-17)15(19)20/h12-13H,3-11H2,1-2H3,(H,19,20). The zero-order chi connectivity index (χ0) is 14.8. The highest BCUT2D eigenvalue weighted by molar-refractivity contribution is 5.79. The molecule has 1 saturated heterocycles. The fraction of sp³-hybridized carbons (Fsp3) is 0.875. The first kappa shape index (κ1) is 15.3. The van der Waals surface area contributed by atoms with Gasteiger partial charge in [0.1, 0.15) is 0 Å². The number of amides is 1. The van der Waals surface area contributed by atoms with E-state index in [1.807, 2.05) is 0 Å². The van der Waals surface area contributed by atoms with Crippen molar-refractivity contribution in [3.8, 4) is 0 Å². The molecule has 1 saturated carbocycles. The Morgan fingerprint density at radius 2 is 2.05 bits per heavy atom. The summed E-state index contributed by atoms with van der Waals surface area (Å²) >= 11 is 0. The van der Waals surface area contributed by atoms with Crippen LogP contribution in [0.25, 0.3) is 0 Å². The van der Waals surface area contributed by atoms with E-state index in [1.165, 1.54) is 12.8 Å². The van der Waals surface area contributed by atoms with E-state index in [0.717, 1.165) is 31.7 Å². The molecule has 0 aromatic rings. The lowest BCUT2D eigenvalue weighted by Gasteiger charge is -2.38. The first-order valence-electron chi connectivity index (χ1n) is 7.92. The second kappa shape index (κ2) is 6.15. The molecular formula is C16H27NO3. The smallest absolute Gasteiger partial charge is 0.311 e. The summed E-state index contributed by atoms with van der Waals surface area (Å²) in [6.45, 7) is 5.13. The molecule has 4 heteroatoms. The van der Waals surface area contributed by atoms with Crippen molar-refractivity contribution in [2.24, 2.45) is 17.3 Å². The molecule has 1 aliphatic heterocycles. The van der Waals surface area contributed by atoms with Crippen molar-refractivity contribution in [1.82, 2.24) is 4.90 Å². The number of carbonyl (C=O) groups excluding carboxylic acids is 1.